The molecule has 0 amide bonds. The highest BCUT2D eigenvalue weighted by molar-refractivity contribution is 7.22. The summed E-state index contributed by atoms with van der Waals surface area (Å²) >= 11 is 1.50. The molecule has 170 valence electrons. The fourth-order valence-electron chi connectivity index (χ4n) is 4.50. The van der Waals surface area contributed by atoms with Gasteiger partial charge >= 0.3 is 0 Å². The van der Waals surface area contributed by atoms with Gasteiger partial charge in [0.2, 0.25) is 0 Å². The Bertz CT molecular complexity index is 1280. The van der Waals surface area contributed by atoms with Crippen LogP contribution in [0.2, 0.25) is 0 Å². The third-order valence-corrected chi connectivity index (χ3v) is 6.88. The number of nitrogens with zero attached hydrogens (tertiary/aromatic N) is 2. The van der Waals surface area contributed by atoms with E-state index in [2.05, 4.69) is 0 Å². The van der Waals surface area contributed by atoms with E-state index in [-0.39, 0.29) is 17.3 Å². The third-order valence-electron chi connectivity index (χ3n) is 5.86. The van der Waals surface area contributed by atoms with Crippen molar-refractivity contribution in [2.24, 2.45) is 0 Å². The summed E-state index contributed by atoms with van der Waals surface area (Å²) in [5.74, 6) is 0.160. The van der Waals surface area contributed by atoms with Crippen LogP contribution in [0.25, 0.3) is 10.2 Å². The van der Waals surface area contributed by atoms with Crippen molar-refractivity contribution in [1.29, 1.82) is 0 Å². The number of Topliss-reactive ketones (excluding diaryl/α,β-unsaturated/α-hetero) is 2. The molecule has 0 radical (unpaired) electrons. The minimum Gasteiger partial charge on any atom is -0.508 e. The third kappa shape index (κ3) is 4.04. The quantitative estimate of drug-likeness (QED) is 0.504. The molecule has 4 rings (SSSR count). The number of phenols is 1. The van der Waals surface area contributed by atoms with E-state index in [9.17, 15) is 14.7 Å². The monoisotopic (exact) mass is 462 g/mol. The predicted molar refractivity (Wildman–Crippen MR) is 131 cm³/mol. The number of aromatic hydroxyl groups is 1. The topological polar surface area (TPSA) is 79.7 Å². The number of ketones is 2. The lowest BCUT2D eigenvalue weighted by Crippen LogP contribution is -2.33. The van der Waals surface area contributed by atoms with Crippen LogP contribution in [-0.4, -0.2) is 28.3 Å². The fraction of sp³-hybridized carbons (Fsp3) is 0.269. The molecule has 2 aromatic carbocycles. The Balaban J connectivity index is 1.92. The molecule has 0 saturated heterocycles. The summed E-state index contributed by atoms with van der Waals surface area (Å²) in [4.78, 5) is 32.5. The van der Waals surface area contributed by atoms with E-state index >= 15 is 0 Å². The Morgan fingerprint density at radius 3 is 2.18 bits per heavy atom. The van der Waals surface area contributed by atoms with Crippen LogP contribution in [0, 0.1) is 0 Å². The molecule has 3 aromatic rings. The van der Waals surface area contributed by atoms with Crippen LogP contribution in [0.5, 0.6) is 11.5 Å². The maximum Gasteiger partial charge on any atom is 0.195 e. The number of phenolic OH excluding ortho intramolecular Hbond substituents is 1. The van der Waals surface area contributed by atoms with E-state index < -0.39 is 5.92 Å². The number of thiazole rings is 1. The first-order valence-electron chi connectivity index (χ1n) is 10.8. The molecule has 0 spiro atoms. The van der Waals surface area contributed by atoms with Crippen molar-refractivity contribution in [2.75, 3.05) is 11.5 Å². The van der Waals surface area contributed by atoms with Crippen molar-refractivity contribution in [3.8, 4) is 11.5 Å². The molecular formula is C26H26N2O4S. The summed E-state index contributed by atoms with van der Waals surface area (Å²) in [5.41, 5.74) is 4.17. The number of carbonyl (C=O) groups excluding carboxylic acids is 2. The number of ether oxygens (including phenoxy) is 1. The molecule has 0 saturated carbocycles. The number of rotatable bonds is 6. The standard InChI is InChI=1S/C26H26N2O4S/c1-6-32-20-11-12-22-21(13-20)27-26(33-22)28-14(2)23(16(4)29)25(24(15(28)3)17(5)30)18-7-9-19(31)10-8-18/h7-13,25,31H,6H2,1-5H3. The van der Waals surface area contributed by atoms with Gasteiger partial charge in [-0.2, -0.15) is 0 Å². The number of carbonyl (C=O) groups is 2. The van der Waals surface area contributed by atoms with Gasteiger partial charge in [-0.3, -0.25) is 14.5 Å². The van der Waals surface area contributed by atoms with Gasteiger partial charge in [-0.15, -0.1) is 0 Å². The zero-order valence-corrected chi connectivity index (χ0v) is 20.1. The lowest BCUT2D eigenvalue weighted by Gasteiger charge is -2.36. The van der Waals surface area contributed by atoms with Crippen molar-refractivity contribution in [1.82, 2.24) is 4.98 Å². The van der Waals surface area contributed by atoms with E-state index in [0.29, 0.717) is 22.9 Å². The number of anilines is 1. The zero-order chi connectivity index (χ0) is 23.9. The Labute approximate surface area is 196 Å². The van der Waals surface area contributed by atoms with Crippen LogP contribution in [-0.2, 0) is 9.59 Å². The van der Waals surface area contributed by atoms with Crippen molar-refractivity contribution in [3.05, 3.63) is 70.6 Å². The molecule has 6 nitrogen and oxygen atoms in total. The van der Waals surface area contributed by atoms with Crippen LogP contribution in [0.3, 0.4) is 0 Å². The van der Waals surface area contributed by atoms with Crippen LogP contribution in [0.1, 0.15) is 46.1 Å². The van der Waals surface area contributed by atoms with Crippen molar-refractivity contribution >= 4 is 38.3 Å². The Kier molecular flexibility index (Phi) is 6.08. The lowest BCUT2D eigenvalue weighted by molar-refractivity contribution is -0.114. The average molecular weight is 463 g/mol. The molecular weight excluding hydrogens is 436 g/mol. The highest BCUT2D eigenvalue weighted by Gasteiger charge is 2.38. The smallest absolute Gasteiger partial charge is 0.195 e. The summed E-state index contributed by atoms with van der Waals surface area (Å²) in [6.07, 6.45) is 0. The number of hydrogen-bond acceptors (Lipinski definition) is 7. The van der Waals surface area contributed by atoms with Gasteiger partial charge in [-0.05, 0) is 64.4 Å². The number of hydrogen-bond donors (Lipinski definition) is 1. The summed E-state index contributed by atoms with van der Waals surface area (Å²) in [6, 6.07) is 12.5. The minimum absolute atomic E-state index is 0.110. The average Bonchev–Trinajstić information content (AvgIpc) is 3.16. The second-order valence-electron chi connectivity index (χ2n) is 8.03. The van der Waals surface area contributed by atoms with Crippen molar-refractivity contribution < 1.29 is 19.4 Å². The molecule has 0 fully saturated rings. The van der Waals surface area contributed by atoms with Gasteiger partial charge in [0.1, 0.15) is 11.5 Å². The SMILES string of the molecule is CCOc1ccc2sc(N3C(C)=C(C(C)=O)C(c4ccc(O)cc4)C(C(C)=O)=C3C)nc2c1. The number of aromatic nitrogens is 1. The molecule has 7 heteroatoms. The first kappa shape index (κ1) is 22.7. The zero-order valence-electron chi connectivity index (χ0n) is 19.3. The maximum atomic E-state index is 12.9. The van der Waals surface area contributed by atoms with Crippen LogP contribution >= 0.6 is 11.3 Å². The molecule has 1 aromatic heterocycles. The van der Waals surface area contributed by atoms with Crippen LogP contribution in [0.4, 0.5) is 5.13 Å². The van der Waals surface area contributed by atoms with Gasteiger partial charge in [0, 0.05) is 34.5 Å². The van der Waals surface area contributed by atoms with Crippen LogP contribution in [0.15, 0.2) is 65.0 Å². The first-order valence-corrected chi connectivity index (χ1v) is 11.6. The molecule has 33 heavy (non-hydrogen) atoms. The summed E-state index contributed by atoms with van der Waals surface area (Å²) in [7, 11) is 0. The van der Waals surface area contributed by atoms with Crippen LogP contribution < -0.4 is 9.64 Å². The second-order valence-corrected chi connectivity index (χ2v) is 9.04. The summed E-state index contributed by atoms with van der Waals surface area (Å²) in [6.45, 7) is 9.33. The van der Waals surface area contributed by atoms with Gasteiger partial charge in [0.25, 0.3) is 0 Å². The molecule has 1 N–H and O–H groups in total. The Morgan fingerprint density at radius 1 is 1.03 bits per heavy atom. The van der Waals surface area contributed by atoms with Crippen molar-refractivity contribution in [2.45, 2.75) is 40.5 Å². The second kappa shape index (κ2) is 8.83. The minimum atomic E-state index is -0.504. The Morgan fingerprint density at radius 2 is 1.64 bits per heavy atom. The molecule has 0 unspecified atom stereocenters. The van der Waals surface area contributed by atoms with Gasteiger partial charge < -0.3 is 9.84 Å². The first-order chi connectivity index (χ1) is 15.7. The number of allylic oxidation sites excluding steroid dienone is 4. The highest BCUT2D eigenvalue weighted by atomic mass is 32.1. The van der Waals surface area contributed by atoms with Gasteiger partial charge in [-0.25, -0.2) is 4.98 Å². The molecule has 0 atom stereocenters. The molecule has 2 heterocycles. The van der Waals surface area contributed by atoms with E-state index in [0.717, 1.165) is 32.9 Å². The predicted octanol–water partition coefficient (Wildman–Crippen LogP) is 5.73. The molecule has 0 aliphatic carbocycles. The lowest BCUT2D eigenvalue weighted by atomic mass is 9.77. The van der Waals surface area contributed by atoms with E-state index in [1.165, 1.54) is 25.2 Å². The fourth-order valence-corrected chi connectivity index (χ4v) is 5.56. The van der Waals surface area contributed by atoms with E-state index in [1.54, 1.807) is 24.3 Å². The highest BCUT2D eigenvalue weighted by Crippen LogP contribution is 2.46. The summed E-state index contributed by atoms with van der Waals surface area (Å²) in [5, 5.41) is 10.4. The van der Waals surface area contributed by atoms with Crippen molar-refractivity contribution in [3.63, 3.8) is 0 Å². The Hall–Kier alpha value is -3.45. The number of benzene rings is 2. The normalized spacial score (nSPS) is 14.9. The molecule has 1 aliphatic heterocycles. The van der Waals surface area contributed by atoms with E-state index in [1.807, 2.05) is 43.9 Å². The number of fused-ring (bicyclic) bond motifs is 1. The largest absolute Gasteiger partial charge is 0.508 e. The van der Waals surface area contributed by atoms with Gasteiger partial charge in [0.15, 0.2) is 16.7 Å². The van der Waals surface area contributed by atoms with E-state index in [4.69, 9.17) is 9.72 Å². The molecule has 1 aliphatic rings. The van der Waals surface area contributed by atoms with Gasteiger partial charge in [-0.1, -0.05) is 23.5 Å². The maximum absolute atomic E-state index is 12.9. The van der Waals surface area contributed by atoms with Gasteiger partial charge in [0.05, 0.1) is 16.8 Å². The molecule has 0 bridgehead atoms. The summed E-state index contributed by atoms with van der Waals surface area (Å²) < 4.78 is 6.59.